The van der Waals surface area contributed by atoms with Gasteiger partial charge in [0.25, 0.3) is 0 Å². The lowest BCUT2D eigenvalue weighted by Gasteiger charge is -2.03. The highest BCUT2D eigenvalue weighted by Gasteiger charge is 2.04. The van der Waals surface area contributed by atoms with Gasteiger partial charge >= 0.3 is 0 Å². The van der Waals surface area contributed by atoms with Crippen LogP contribution in [0.4, 0.5) is 0 Å². The van der Waals surface area contributed by atoms with Crippen molar-refractivity contribution in [3.63, 3.8) is 0 Å². The summed E-state index contributed by atoms with van der Waals surface area (Å²) in [5.74, 6) is 0.0154. The Morgan fingerprint density at radius 1 is 0.682 bits per heavy atom. The van der Waals surface area contributed by atoms with Gasteiger partial charge in [0.2, 0.25) is 0 Å². The fraction of sp³-hybridized carbons (Fsp3) is 0. The summed E-state index contributed by atoms with van der Waals surface area (Å²) in [6, 6.07) is 27.6. The Bertz CT molecular complexity index is 786. The fourth-order valence-corrected chi connectivity index (χ4v) is 2.31. The Morgan fingerprint density at radius 2 is 1.32 bits per heavy atom. The molecule has 0 spiro atoms. The van der Waals surface area contributed by atoms with Gasteiger partial charge in [-0.15, -0.1) is 0 Å². The molecule has 1 nitrogen and oxygen atoms in total. The van der Waals surface area contributed by atoms with Crippen LogP contribution in [0.2, 0.25) is 0 Å². The van der Waals surface area contributed by atoms with Gasteiger partial charge in [-0.1, -0.05) is 84.9 Å². The maximum absolute atomic E-state index is 12.3. The van der Waals surface area contributed by atoms with E-state index in [-0.39, 0.29) is 5.78 Å². The smallest absolute Gasteiger partial charge is 0.185 e. The van der Waals surface area contributed by atoms with Gasteiger partial charge in [-0.3, -0.25) is 4.79 Å². The first-order chi connectivity index (χ1) is 10.8. The highest BCUT2D eigenvalue weighted by Crippen LogP contribution is 2.20. The molecule has 1 heteroatoms. The van der Waals surface area contributed by atoms with Gasteiger partial charge in [0.15, 0.2) is 5.78 Å². The molecule has 0 heterocycles. The molecule has 0 radical (unpaired) electrons. The topological polar surface area (TPSA) is 17.1 Å². The molecule has 0 saturated carbocycles. The number of hydrogen-bond donors (Lipinski definition) is 0. The quantitative estimate of drug-likeness (QED) is 0.472. The predicted octanol–water partition coefficient (Wildman–Crippen LogP) is 5.25. The third-order valence-electron chi connectivity index (χ3n) is 3.48. The van der Waals surface area contributed by atoms with Crippen LogP contribution < -0.4 is 0 Å². The predicted molar refractivity (Wildman–Crippen MR) is 91.7 cm³/mol. The number of carbonyl (C=O) groups is 1. The molecule has 22 heavy (non-hydrogen) atoms. The lowest BCUT2D eigenvalue weighted by Crippen LogP contribution is -1.94. The monoisotopic (exact) mass is 284 g/mol. The van der Waals surface area contributed by atoms with Gasteiger partial charge in [0.05, 0.1) is 0 Å². The molecule has 3 aromatic carbocycles. The van der Waals surface area contributed by atoms with Crippen LogP contribution in [0.15, 0.2) is 91.0 Å². The van der Waals surface area contributed by atoms with Crippen molar-refractivity contribution in [1.82, 2.24) is 0 Å². The SMILES string of the molecule is O=C(/C=C/c1ccccc1)c1cccc(-c2ccccc2)c1. The van der Waals surface area contributed by atoms with Crippen LogP contribution in [-0.2, 0) is 0 Å². The number of rotatable bonds is 4. The molecule has 0 fully saturated rings. The molecule has 0 aliphatic rings. The third-order valence-corrected chi connectivity index (χ3v) is 3.48. The Morgan fingerprint density at radius 3 is 2.05 bits per heavy atom. The molecule has 0 amide bonds. The largest absolute Gasteiger partial charge is 0.289 e. The Kier molecular flexibility index (Phi) is 4.26. The Labute approximate surface area is 130 Å². The number of ketones is 1. The summed E-state index contributed by atoms with van der Waals surface area (Å²) in [6.45, 7) is 0. The summed E-state index contributed by atoms with van der Waals surface area (Å²) in [5, 5.41) is 0. The van der Waals surface area contributed by atoms with Gasteiger partial charge in [0, 0.05) is 5.56 Å². The van der Waals surface area contributed by atoms with Crippen LogP contribution in [0.1, 0.15) is 15.9 Å². The van der Waals surface area contributed by atoms with Crippen LogP contribution >= 0.6 is 0 Å². The highest BCUT2D eigenvalue weighted by atomic mass is 16.1. The molecular formula is C21H16O. The van der Waals surface area contributed by atoms with Crippen LogP contribution in [0.25, 0.3) is 17.2 Å². The van der Waals surface area contributed by atoms with E-state index < -0.39 is 0 Å². The molecule has 0 aliphatic carbocycles. The van der Waals surface area contributed by atoms with Crippen molar-refractivity contribution in [3.05, 3.63) is 102 Å². The van der Waals surface area contributed by atoms with Crippen molar-refractivity contribution in [1.29, 1.82) is 0 Å². The molecule has 0 N–H and O–H groups in total. The second-order valence-electron chi connectivity index (χ2n) is 5.06. The molecule has 0 unspecified atom stereocenters. The normalized spacial score (nSPS) is 10.7. The van der Waals surface area contributed by atoms with Crippen molar-refractivity contribution in [2.24, 2.45) is 0 Å². The number of benzene rings is 3. The number of hydrogen-bond acceptors (Lipinski definition) is 1. The van der Waals surface area contributed by atoms with Crippen molar-refractivity contribution < 1.29 is 4.79 Å². The van der Waals surface area contributed by atoms with Gasteiger partial charge < -0.3 is 0 Å². The van der Waals surface area contributed by atoms with Crippen LogP contribution in [0.3, 0.4) is 0 Å². The minimum atomic E-state index is 0.0154. The molecule has 0 atom stereocenters. The number of allylic oxidation sites excluding steroid dienone is 1. The molecule has 0 aromatic heterocycles. The summed E-state index contributed by atoms with van der Waals surface area (Å²) in [5.41, 5.74) is 3.90. The standard InChI is InChI=1S/C21H16O/c22-21(15-14-17-8-3-1-4-9-17)20-13-7-12-19(16-20)18-10-5-2-6-11-18/h1-16H/b15-14+. The number of carbonyl (C=O) groups excluding carboxylic acids is 1. The van der Waals surface area contributed by atoms with Crippen LogP contribution in [-0.4, -0.2) is 5.78 Å². The minimum absolute atomic E-state index is 0.0154. The van der Waals surface area contributed by atoms with Gasteiger partial charge in [-0.2, -0.15) is 0 Å². The zero-order chi connectivity index (χ0) is 15.2. The van der Waals surface area contributed by atoms with E-state index in [1.54, 1.807) is 6.08 Å². The van der Waals surface area contributed by atoms with E-state index in [2.05, 4.69) is 0 Å². The van der Waals surface area contributed by atoms with Crippen molar-refractivity contribution in [3.8, 4) is 11.1 Å². The fourth-order valence-electron chi connectivity index (χ4n) is 2.31. The first-order valence-electron chi connectivity index (χ1n) is 7.26. The van der Waals surface area contributed by atoms with E-state index in [9.17, 15) is 4.79 Å². The zero-order valence-electron chi connectivity index (χ0n) is 12.1. The van der Waals surface area contributed by atoms with E-state index in [0.29, 0.717) is 5.56 Å². The third kappa shape index (κ3) is 3.39. The van der Waals surface area contributed by atoms with E-state index in [0.717, 1.165) is 16.7 Å². The Balaban J connectivity index is 1.83. The molecule has 0 aliphatic heterocycles. The average Bonchev–Trinajstić information content (AvgIpc) is 2.61. The lowest BCUT2D eigenvalue weighted by atomic mass is 10.0. The second-order valence-corrected chi connectivity index (χ2v) is 5.06. The van der Waals surface area contributed by atoms with Gasteiger partial charge in [0.1, 0.15) is 0 Å². The van der Waals surface area contributed by atoms with Gasteiger partial charge in [-0.05, 0) is 28.8 Å². The Hall–Kier alpha value is -2.93. The van der Waals surface area contributed by atoms with Crippen LogP contribution in [0.5, 0.6) is 0 Å². The highest BCUT2D eigenvalue weighted by molar-refractivity contribution is 6.07. The molecule has 3 aromatic rings. The van der Waals surface area contributed by atoms with Crippen molar-refractivity contribution in [2.45, 2.75) is 0 Å². The average molecular weight is 284 g/mol. The molecule has 106 valence electrons. The van der Waals surface area contributed by atoms with Gasteiger partial charge in [-0.25, -0.2) is 0 Å². The first-order valence-corrected chi connectivity index (χ1v) is 7.26. The van der Waals surface area contributed by atoms with E-state index in [4.69, 9.17) is 0 Å². The van der Waals surface area contributed by atoms with E-state index >= 15 is 0 Å². The summed E-state index contributed by atoms with van der Waals surface area (Å²) in [7, 11) is 0. The zero-order valence-corrected chi connectivity index (χ0v) is 12.1. The van der Waals surface area contributed by atoms with Crippen molar-refractivity contribution in [2.75, 3.05) is 0 Å². The maximum atomic E-state index is 12.3. The summed E-state index contributed by atoms with van der Waals surface area (Å²) in [4.78, 5) is 12.3. The molecular weight excluding hydrogens is 268 g/mol. The summed E-state index contributed by atoms with van der Waals surface area (Å²) < 4.78 is 0. The lowest BCUT2D eigenvalue weighted by molar-refractivity contribution is 0.104. The molecule has 3 rings (SSSR count). The van der Waals surface area contributed by atoms with E-state index in [1.165, 1.54) is 0 Å². The van der Waals surface area contributed by atoms with Crippen LogP contribution in [0, 0.1) is 0 Å². The second kappa shape index (κ2) is 6.68. The summed E-state index contributed by atoms with van der Waals surface area (Å²) >= 11 is 0. The first kappa shape index (κ1) is 14.0. The minimum Gasteiger partial charge on any atom is -0.289 e. The molecule has 0 saturated heterocycles. The van der Waals surface area contributed by atoms with E-state index in [1.807, 2.05) is 91.0 Å². The van der Waals surface area contributed by atoms with Crippen molar-refractivity contribution >= 4 is 11.9 Å². The summed E-state index contributed by atoms with van der Waals surface area (Å²) in [6.07, 6.45) is 3.47. The maximum Gasteiger partial charge on any atom is 0.185 e. The molecule has 0 bridgehead atoms.